The van der Waals surface area contributed by atoms with E-state index in [4.69, 9.17) is 0 Å². The zero-order valence-corrected chi connectivity index (χ0v) is 10.8. The van der Waals surface area contributed by atoms with E-state index in [1.165, 1.54) is 0 Å². The molecule has 0 aromatic heterocycles. The monoisotopic (exact) mass is 288 g/mol. The average molecular weight is 288 g/mol. The minimum absolute atomic E-state index is 0.0577. The standard InChI is InChI=1S/C9H15F3N2OS2/c10-9(11,12)6-14-8(15)4-13-3-7-5-16-1-2-17-7/h7,13H,1-6H2,(H,14,15). The summed E-state index contributed by atoms with van der Waals surface area (Å²) in [6.45, 7) is -0.656. The minimum Gasteiger partial charge on any atom is -0.346 e. The zero-order valence-electron chi connectivity index (χ0n) is 9.18. The number of carbonyl (C=O) groups is 1. The Morgan fingerprint density at radius 3 is 2.71 bits per heavy atom. The van der Waals surface area contributed by atoms with Crippen molar-refractivity contribution in [1.29, 1.82) is 0 Å². The normalized spacial score (nSPS) is 21.2. The summed E-state index contributed by atoms with van der Waals surface area (Å²) in [5.41, 5.74) is 0. The van der Waals surface area contributed by atoms with Crippen LogP contribution in [0.25, 0.3) is 0 Å². The van der Waals surface area contributed by atoms with Crippen molar-refractivity contribution in [3.05, 3.63) is 0 Å². The zero-order chi connectivity index (χ0) is 12.7. The first kappa shape index (κ1) is 15.0. The van der Waals surface area contributed by atoms with Gasteiger partial charge in [0.25, 0.3) is 0 Å². The SMILES string of the molecule is O=C(CNCC1CSCCS1)NCC(F)(F)F. The number of carbonyl (C=O) groups excluding carboxylic acids is 1. The molecule has 2 N–H and O–H groups in total. The van der Waals surface area contributed by atoms with Crippen LogP contribution in [0.1, 0.15) is 0 Å². The van der Waals surface area contributed by atoms with Crippen molar-refractivity contribution in [2.24, 2.45) is 0 Å². The van der Waals surface area contributed by atoms with Gasteiger partial charge in [-0.3, -0.25) is 4.79 Å². The minimum atomic E-state index is -4.34. The van der Waals surface area contributed by atoms with E-state index in [2.05, 4.69) is 5.32 Å². The van der Waals surface area contributed by atoms with E-state index in [-0.39, 0.29) is 6.54 Å². The van der Waals surface area contributed by atoms with Crippen molar-refractivity contribution in [2.75, 3.05) is 36.9 Å². The van der Waals surface area contributed by atoms with E-state index in [9.17, 15) is 18.0 Å². The van der Waals surface area contributed by atoms with Gasteiger partial charge in [0, 0.05) is 29.1 Å². The van der Waals surface area contributed by atoms with Crippen molar-refractivity contribution in [1.82, 2.24) is 10.6 Å². The first-order valence-electron chi connectivity index (χ1n) is 5.21. The molecular weight excluding hydrogens is 273 g/mol. The van der Waals surface area contributed by atoms with Crippen LogP contribution in [0.3, 0.4) is 0 Å². The van der Waals surface area contributed by atoms with Crippen LogP contribution in [0.5, 0.6) is 0 Å². The van der Waals surface area contributed by atoms with Gasteiger partial charge in [-0.15, -0.1) is 0 Å². The lowest BCUT2D eigenvalue weighted by Gasteiger charge is -2.21. The number of nitrogens with one attached hydrogen (secondary N) is 2. The largest absolute Gasteiger partial charge is 0.405 e. The smallest absolute Gasteiger partial charge is 0.346 e. The van der Waals surface area contributed by atoms with E-state index < -0.39 is 18.6 Å². The Morgan fingerprint density at radius 1 is 1.35 bits per heavy atom. The van der Waals surface area contributed by atoms with Gasteiger partial charge < -0.3 is 10.6 Å². The molecule has 1 unspecified atom stereocenters. The van der Waals surface area contributed by atoms with Crippen LogP contribution in [0.15, 0.2) is 0 Å². The summed E-state index contributed by atoms with van der Waals surface area (Å²) in [7, 11) is 0. The molecule has 17 heavy (non-hydrogen) atoms. The van der Waals surface area contributed by atoms with Crippen LogP contribution in [-0.4, -0.2) is 54.2 Å². The van der Waals surface area contributed by atoms with Gasteiger partial charge in [-0.2, -0.15) is 36.7 Å². The lowest BCUT2D eigenvalue weighted by Crippen LogP contribution is -2.41. The molecule has 0 saturated carbocycles. The van der Waals surface area contributed by atoms with Crippen molar-refractivity contribution in [3.8, 4) is 0 Å². The fraction of sp³-hybridized carbons (Fsp3) is 0.889. The molecule has 0 spiro atoms. The quantitative estimate of drug-likeness (QED) is 0.795. The van der Waals surface area contributed by atoms with Gasteiger partial charge >= 0.3 is 6.18 Å². The first-order valence-corrected chi connectivity index (χ1v) is 7.41. The molecule has 1 fully saturated rings. The Balaban J connectivity index is 2.03. The molecule has 8 heteroatoms. The Kier molecular flexibility index (Phi) is 6.50. The molecule has 3 nitrogen and oxygen atoms in total. The molecule has 1 heterocycles. The van der Waals surface area contributed by atoms with Gasteiger partial charge in [-0.25, -0.2) is 0 Å². The van der Waals surface area contributed by atoms with Gasteiger partial charge in [0.2, 0.25) is 5.91 Å². The van der Waals surface area contributed by atoms with Gasteiger partial charge in [-0.1, -0.05) is 0 Å². The Bertz CT molecular complexity index is 245. The molecule has 0 aromatic carbocycles. The van der Waals surface area contributed by atoms with Gasteiger partial charge in [0.15, 0.2) is 0 Å². The highest BCUT2D eigenvalue weighted by Gasteiger charge is 2.27. The maximum atomic E-state index is 11.8. The molecule has 1 amide bonds. The maximum absolute atomic E-state index is 11.8. The molecule has 1 aliphatic heterocycles. The second-order valence-electron chi connectivity index (χ2n) is 3.59. The van der Waals surface area contributed by atoms with Crippen molar-refractivity contribution in [3.63, 3.8) is 0 Å². The molecule has 0 radical (unpaired) electrons. The van der Waals surface area contributed by atoms with Crippen LogP contribution in [0, 0.1) is 0 Å². The highest BCUT2D eigenvalue weighted by molar-refractivity contribution is 8.06. The lowest BCUT2D eigenvalue weighted by molar-refractivity contribution is -0.137. The molecular formula is C9H15F3N2OS2. The predicted molar refractivity (Wildman–Crippen MR) is 65.5 cm³/mol. The van der Waals surface area contributed by atoms with Gasteiger partial charge in [-0.05, 0) is 0 Å². The van der Waals surface area contributed by atoms with Gasteiger partial charge in [0.05, 0.1) is 6.54 Å². The molecule has 0 aromatic rings. The maximum Gasteiger partial charge on any atom is 0.405 e. The summed E-state index contributed by atoms with van der Waals surface area (Å²) in [6.07, 6.45) is -4.34. The Hall–Kier alpha value is -0.0800. The third-order valence-electron chi connectivity index (χ3n) is 2.03. The highest BCUT2D eigenvalue weighted by atomic mass is 32.2. The topological polar surface area (TPSA) is 41.1 Å². The fourth-order valence-corrected chi connectivity index (χ4v) is 3.91. The van der Waals surface area contributed by atoms with Crippen LogP contribution in [-0.2, 0) is 4.79 Å². The lowest BCUT2D eigenvalue weighted by atomic mass is 10.4. The number of rotatable bonds is 5. The molecule has 100 valence electrons. The number of alkyl halides is 3. The third-order valence-corrected chi connectivity index (χ3v) is 4.87. The summed E-state index contributed by atoms with van der Waals surface area (Å²) < 4.78 is 35.4. The number of hydrogen-bond acceptors (Lipinski definition) is 4. The van der Waals surface area contributed by atoms with E-state index >= 15 is 0 Å². The molecule has 0 bridgehead atoms. The summed E-state index contributed by atoms with van der Waals surface area (Å²) >= 11 is 3.70. The highest BCUT2D eigenvalue weighted by Crippen LogP contribution is 2.23. The Labute approximate surface area is 107 Å². The summed E-state index contributed by atoms with van der Waals surface area (Å²) in [4.78, 5) is 11.0. The fourth-order valence-electron chi connectivity index (χ4n) is 1.26. The summed E-state index contributed by atoms with van der Waals surface area (Å²) in [5.74, 6) is 2.66. The predicted octanol–water partition coefficient (Wildman–Crippen LogP) is 1.10. The van der Waals surface area contributed by atoms with Crippen LogP contribution >= 0.6 is 23.5 Å². The van der Waals surface area contributed by atoms with Crippen LogP contribution in [0.2, 0.25) is 0 Å². The number of amides is 1. The van der Waals surface area contributed by atoms with E-state index in [0.717, 1.165) is 17.3 Å². The third kappa shape index (κ3) is 7.77. The summed E-state index contributed by atoms with van der Waals surface area (Å²) in [5, 5.41) is 5.15. The average Bonchev–Trinajstić information content (AvgIpc) is 2.27. The van der Waals surface area contributed by atoms with Crippen molar-refractivity contribution >= 4 is 29.4 Å². The molecule has 1 atom stereocenters. The second kappa shape index (κ2) is 7.38. The Morgan fingerprint density at radius 2 is 2.12 bits per heavy atom. The van der Waals surface area contributed by atoms with E-state index in [0.29, 0.717) is 11.8 Å². The van der Waals surface area contributed by atoms with Gasteiger partial charge in [0.1, 0.15) is 6.54 Å². The van der Waals surface area contributed by atoms with E-state index in [1.807, 2.05) is 28.8 Å². The summed E-state index contributed by atoms with van der Waals surface area (Å²) in [6, 6.07) is 0. The van der Waals surface area contributed by atoms with E-state index in [1.54, 1.807) is 0 Å². The van der Waals surface area contributed by atoms with Crippen molar-refractivity contribution < 1.29 is 18.0 Å². The first-order chi connectivity index (χ1) is 7.97. The van der Waals surface area contributed by atoms with Crippen LogP contribution < -0.4 is 10.6 Å². The number of thioether (sulfide) groups is 2. The van der Waals surface area contributed by atoms with Crippen molar-refractivity contribution in [2.45, 2.75) is 11.4 Å². The molecule has 1 aliphatic rings. The molecule has 1 saturated heterocycles. The molecule has 0 aliphatic carbocycles. The molecule has 1 rings (SSSR count). The number of hydrogen-bond donors (Lipinski definition) is 2. The number of halogens is 3. The van der Waals surface area contributed by atoms with Crippen LogP contribution in [0.4, 0.5) is 13.2 Å². The second-order valence-corrected chi connectivity index (χ2v) is 6.15.